The van der Waals surface area contributed by atoms with Gasteiger partial charge in [-0.25, -0.2) is 4.39 Å². The van der Waals surface area contributed by atoms with E-state index in [2.05, 4.69) is 0 Å². The molecule has 4 N–H and O–H groups in total. The molecule has 0 aliphatic rings. The first-order valence-corrected chi connectivity index (χ1v) is 3.87. The predicted molar refractivity (Wildman–Crippen MR) is 49.1 cm³/mol. The summed E-state index contributed by atoms with van der Waals surface area (Å²) >= 11 is 0. The minimum atomic E-state index is -0.807. The standard InChI is InChI=1S/C9H7FN2O2/c10-4-2-1-3-5-6(4)7(11)8(14-5)9(12)13/h1-3H,11H2,(H2,12,13). The van der Waals surface area contributed by atoms with Gasteiger partial charge >= 0.3 is 0 Å². The van der Waals surface area contributed by atoms with Crippen LogP contribution in [-0.4, -0.2) is 5.91 Å². The predicted octanol–water partition coefficient (Wildman–Crippen LogP) is 1.25. The number of primary amides is 1. The molecule has 0 saturated carbocycles. The minimum Gasteiger partial charge on any atom is -0.449 e. The second-order valence-corrected chi connectivity index (χ2v) is 2.82. The minimum absolute atomic E-state index is 0.0504. The second-order valence-electron chi connectivity index (χ2n) is 2.82. The molecule has 1 aromatic carbocycles. The number of rotatable bonds is 1. The van der Waals surface area contributed by atoms with Gasteiger partial charge in [0.2, 0.25) is 5.76 Å². The van der Waals surface area contributed by atoms with Crippen molar-refractivity contribution in [2.24, 2.45) is 5.73 Å². The van der Waals surface area contributed by atoms with Gasteiger partial charge in [0.25, 0.3) is 5.91 Å². The fraction of sp³-hybridized carbons (Fsp3) is 0. The molecule has 72 valence electrons. The molecule has 0 bridgehead atoms. The summed E-state index contributed by atoms with van der Waals surface area (Å²) in [5, 5.41) is 0.0984. The molecule has 1 amide bonds. The highest BCUT2D eigenvalue weighted by Crippen LogP contribution is 2.29. The summed E-state index contributed by atoms with van der Waals surface area (Å²) in [4.78, 5) is 10.8. The first-order valence-electron chi connectivity index (χ1n) is 3.87. The van der Waals surface area contributed by atoms with E-state index in [1.807, 2.05) is 0 Å². The number of hydrogen-bond donors (Lipinski definition) is 2. The van der Waals surface area contributed by atoms with Crippen molar-refractivity contribution >= 4 is 22.6 Å². The number of amides is 1. The van der Waals surface area contributed by atoms with E-state index in [0.717, 1.165) is 0 Å². The lowest BCUT2D eigenvalue weighted by atomic mass is 10.2. The first-order chi connectivity index (χ1) is 6.61. The van der Waals surface area contributed by atoms with Gasteiger partial charge in [-0.3, -0.25) is 4.79 Å². The molecular weight excluding hydrogens is 187 g/mol. The Hall–Kier alpha value is -2.04. The number of nitrogen functional groups attached to an aromatic ring is 1. The topological polar surface area (TPSA) is 82.2 Å². The Kier molecular flexibility index (Phi) is 1.67. The van der Waals surface area contributed by atoms with Crippen LogP contribution in [-0.2, 0) is 0 Å². The molecule has 0 unspecified atom stereocenters. The Morgan fingerprint density at radius 3 is 2.71 bits per heavy atom. The molecule has 2 aromatic rings. The number of hydrogen-bond acceptors (Lipinski definition) is 3. The number of nitrogens with two attached hydrogens (primary N) is 2. The van der Waals surface area contributed by atoms with E-state index in [9.17, 15) is 9.18 Å². The van der Waals surface area contributed by atoms with E-state index in [1.165, 1.54) is 18.2 Å². The van der Waals surface area contributed by atoms with Crippen molar-refractivity contribution in [2.45, 2.75) is 0 Å². The van der Waals surface area contributed by atoms with E-state index in [1.54, 1.807) is 0 Å². The maximum atomic E-state index is 13.2. The van der Waals surface area contributed by atoms with Crippen LogP contribution < -0.4 is 11.5 Å². The van der Waals surface area contributed by atoms with Crippen molar-refractivity contribution in [3.63, 3.8) is 0 Å². The Morgan fingerprint density at radius 2 is 2.14 bits per heavy atom. The van der Waals surface area contributed by atoms with Gasteiger partial charge in [0.05, 0.1) is 11.1 Å². The van der Waals surface area contributed by atoms with Crippen molar-refractivity contribution in [1.82, 2.24) is 0 Å². The number of benzene rings is 1. The zero-order valence-electron chi connectivity index (χ0n) is 7.08. The van der Waals surface area contributed by atoms with Crippen LogP contribution in [0.5, 0.6) is 0 Å². The molecule has 0 radical (unpaired) electrons. The second kappa shape index (κ2) is 2.73. The van der Waals surface area contributed by atoms with Gasteiger partial charge in [-0.05, 0) is 12.1 Å². The van der Waals surface area contributed by atoms with Crippen LogP contribution in [0.15, 0.2) is 22.6 Å². The first kappa shape index (κ1) is 8.55. The molecule has 4 nitrogen and oxygen atoms in total. The highest BCUT2D eigenvalue weighted by Gasteiger charge is 2.18. The summed E-state index contributed by atoms with van der Waals surface area (Å²) in [7, 11) is 0. The van der Waals surface area contributed by atoms with Crippen molar-refractivity contribution in [3.8, 4) is 0 Å². The average Bonchev–Trinajstić information content (AvgIpc) is 2.45. The highest BCUT2D eigenvalue weighted by molar-refractivity contribution is 6.04. The van der Waals surface area contributed by atoms with Gasteiger partial charge in [-0.15, -0.1) is 0 Å². The van der Waals surface area contributed by atoms with E-state index in [0.29, 0.717) is 0 Å². The lowest BCUT2D eigenvalue weighted by Gasteiger charge is -1.91. The van der Waals surface area contributed by atoms with Crippen LogP contribution in [0.4, 0.5) is 10.1 Å². The summed E-state index contributed by atoms with van der Waals surface area (Å²) < 4.78 is 18.2. The fourth-order valence-electron chi connectivity index (χ4n) is 1.31. The number of halogens is 1. The van der Waals surface area contributed by atoms with Crippen LogP contribution in [0.2, 0.25) is 0 Å². The van der Waals surface area contributed by atoms with Gasteiger partial charge in [0, 0.05) is 0 Å². The molecular formula is C9H7FN2O2. The summed E-state index contributed by atoms with van der Waals surface area (Å²) in [6.45, 7) is 0. The number of carbonyl (C=O) groups excluding carboxylic acids is 1. The summed E-state index contributed by atoms with van der Waals surface area (Å²) in [6, 6.07) is 4.21. The molecule has 0 aliphatic carbocycles. The van der Waals surface area contributed by atoms with Crippen LogP contribution in [0, 0.1) is 5.82 Å². The van der Waals surface area contributed by atoms with Gasteiger partial charge < -0.3 is 15.9 Å². The van der Waals surface area contributed by atoms with E-state index >= 15 is 0 Å². The van der Waals surface area contributed by atoms with Crippen LogP contribution in [0.3, 0.4) is 0 Å². The zero-order valence-corrected chi connectivity index (χ0v) is 7.08. The molecule has 1 aromatic heterocycles. The normalized spacial score (nSPS) is 10.6. The van der Waals surface area contributed by atoms with Crippen molar-refractivity contribution in [3.05, 3.63) is 29.8 Å². The number of carbonyl (C=O) groups is 1. The van der Waals surface area contributed by atoms with Crippen molar-refractivity contribution in [1.29, 1.82) is 0 Å². The quantitative estimate of drug-likeness (QED) is 0.716. The molecule has 5 heteroatoms. The molecule has 1 heterocycles. The molecule has 0 saturated heterocycles. The maximum absolute atomic E-state index is 13.2. The third kappa shape index (κ3) is 1.02. The molecule has 14 heavy (non-hydrogen) atoms. The summed E-state index contributed by atoms with van der Waals surface area (Å²) in [6.07, 6.45) is 0. The van der Waals surface area contributed by atoms with Crippen molar-refractivity contribution < 1.29 is 13.6 Å². The molecule has 0 spiro atoms. The smallest absolute Gasteiger partial charge is 0.286 e. The maximum Gasteiger partial charge on any atom is 0.286 e. The van der Waals surface area contributed by atoms with E-state index in [4.69, 9.17) is 15.9 Å². The lowest BCUT2D eigenvalue weighted by Crippen LogP contribution is -2.11. The number of fused-ring (bicyclic) bond motifs is 1. The Labute approximate surface area is 78.3 Å². The highest BCUT2D eigenvalue weighted by atomic mass is 19.1. The van der Waals surface area contributed by atoms with Crippen LogP contribution in [0.1, 0.15) is 10.6 Å². The van der Waals surface area contributed by atoms with Gasteiger partial charge in [-0.2, -0.15) is 0 Å². The zero-order chi connectivity index (χ0) is 10.3. The molecule has 2 rings (SSSR count). The molecule has 0 aliphatic heterocycles. The largest absolute Gasteiger partial charge is 0.449 e. The van der Waals surface area contributed by atoms with Gasteiger partial charge in [0.15, 0.2) is 0 Å². The monoisotopic (exact) mass is 194 g/mol. The molecule has 0 atom stereocenters. The van der Waals surface area contributed by atoms with E-state index < -0.39 is 11.7 Å². The van der Waals surface area contributed by atoms with E-state index in [-0.39, 0.29) is 22.4 Å². The lowest BCUT2D eigenvalue weighted by molar-refractivity contribution is 0.0977. The van der Waals surface area contributed by atoms with Crippen molar-refractivity contribution in [2.75, 3.05) is 5.73 Å². The molecule has 0 fully saturated rings. The summed E-state index contributed by atoms with van der Waals surface area (Å²) in [5.74, 6) is -1.54. The Morgan fingerprint density at radius 1 is 1.43 bits per heavy atom. The third-order valence-corrected chi connectivity index (χ3v) is 1.93. The van der Waals surface area contributed by atoms with Gasteiger partial charge in [0.1, 0.15) is 11.4 Å². The van der Waals surface area contributed by atoms with Crippen LogP contribution >= 0.6 is 0 Å². The third-order valence-electron chi connectivity index (χ3n) is 1.93. The van der Waals surface area contributed by atoms with Gasteiger partial charge in [-0.1, -0.05) is 6.07 Å². The summed E-state index contributed by atoms with van der Waals surface area (Å²) in [5.41, 5.74) is 10.7. The average molecular weight is 194 g/mol. The Bertz CT molecular complexity index is 519. The SMILES string of the molecule is NC(=O)c1oc2cccc(F)c2c1N. The number of anilines is 1. The Balaban J connectivity index is 2.87. The number of furan rings is 1. The fourth-order valence-corrected chi connectivity index (χ4v) is 1.31. The van der Waals surface area contributed by atoms with Crippen LogP contribution in [0.25, 0.3) is 11.0 Å².